The maximum Gasteiger partial charge on any atom is 0.705 e. The summed E-state index contributed by atoms with van der Waals surface area (Å²) in [5.41, 5.74) is 1.36. The fraction of sp³-hybridized carbons (Fsp3) is 0.667. The van der Waals surface area contributed by atoms with E-state index in [0.717, 1.165) is 11.7 Å². The van der Waals surface area contributed by atoms with Gasteiger partial charge in [0.1, 0.15) is 5.75 Å². The second kappa shape index (κ2) is 14.9. The second-order valence-corrected chi connectivity index (χ2v) is 11.7. The van der Waals surface area contributed by atoms with Gasteiger partial charge in [-0.25, -0.2) is 0 Å². The Hall–Kier alpha value is -2.35. The molecule has 1 fully saturated rings. The van der Waals surface area contributed by atoms with Crippen LogP contribution >= 0.6 is 0 Å². The van der Waals surface area contributed by atoms with Crippen LogP contribution in [0.15, 0.2) is 24.3 Å². The van der Waals surface area contributed by atoms with Crippen LogP contribution in [0.1, 0.15) is 103 Å². The zero-order valence-electron chi connectivity index (χ0n) is 21.8. The fourth-order valence-corrected chi connectivity index (χ4v) is 6.94. The topological polar surface area (TPSA) is 88.1 Å². The van der Waals surface area contributed by atoms with Crippen LogP contribution in [0, 0.1) is 5.92 Å². The number of carbonyl (C=O) groups excluding carboxylic acids is 3. The van der Waals surface area contributed by atoms with Crippen LogP contribution in [-0.2, 0) is 27.7 Å². The Morgan fingerprint density at radius 1 is 0.800 bits per heavy atom. The first-order valence-corrected chi connectivity index (χ1v) is 15.2. The van der Waals surface area contributed by atoms with Crippen LogP contribution in [0.3, 0.4) is 0 Å². The average Bonchev–Trinajstić information content (AvgIpc) is 2.87. The molecule has 0 atom stereocenters. The lowest BCUT2D eigenvalue weighted by molar-refractivity contribution is -0.150. The Kier molecular flexibility index (Phi) is 12.3. The van der Waals surface area contributed by atoms with Gasteiger partial charge in [0.15, 0.2) is 0 Å². The summed E-state index contributed by atoms with van der Waals surface area (Å²) in [5.74, 6) is 0.569. The van der Waals surface area contributed by atoms with Gasteiger partial charge in [-0.1, -0.05) is 52.7 Å². The quantitative estimate of drug-likeness (QED) is 0.215. The summed E-state index contributed by atoms with van der Waals surface area (Å²) in [4.78, 5) is 36.1. The predicted octanol–water partition coefficient (Wildman–Crippen LogP) is 6.33. The van der Waals surface area contributed by atoms with Gasteiger partial charge in [0.2, 0.25) is 0 Å². The fourth-order valence-electron chi connectivity index (χ4n) is 4.46. The van der Waals surface area contributed by atoms with Gasteiger partial charge < -0.3 is 18.0 Å². The molecule has 0 bridgehead atoms. The normalized spacial score (nSPS) is 17.9. The molecule has 8 heteroatoms. The molecule has 0 aromatic heterocycles. The summed E-state index contributed by atoms with van der Waals surface area (Å²) in [5, 5.41) is 0. The van der Waals surface area contributed by atoms with Gasteiger partial charge in [-0.15, -0.1) is 0 Å². The minimum absolute atomic E-state index is 0.0885. The van der Waals surface area contributed by atoms with Gasteiger partial charge in [0.05, 0.1) is 12.7 Å². The molecule has 1 saturated carbocycles. The smallest absolute Gasteiger partial charge is 0.494 e. The number of benzene rings is 1. The van der Waals surface area contributed by atoms with Crippen molar-refractivity contribution in [2.45, 2.75) is 104 Å². The number of carbonyl (C=O) groups is 3. The lowest BCUT2D eigenvalue weighted by Gasteiger charge is -2.28. The maximum absolute atomic E-state index is 12.0. The summed E-state index contributed by atoms with van der Waals surface area (Å²) >= 11 is 0. The van der Waals surface area contributed by atoms with Crippen LogP contribution in [0.5, 0.6) is 5.75 Å². The summed E-state index contributed by atoms with van der Waals surface area (Å²) < 4.78 is 22.2. The standard InChI is InChI=1S/C27H42O7Si/c1-5-10-21-11-13-22(14-12-21)23-15-17-24(18-16-23)31-19-9-20-35(32-25(28)6-2,33-26(29)7-3)34-27(30)8-4/h15-18,21-22H,5-14,19-20H2,1-4H3. The third-order valence-electron chi connectivity index (χ3n) is 6.47. The first kappa shape index (κ1) is 28.9. The average molecular weight is 507 g/mol. The van der Waals surface area contributed by atoms with E-state index in [0.29, 0.717) is 18.9 Å². The first-order valence-electron chi connectivity index (χ1n) is 13.2. The van der Waals surface area contributed by atoms with E-state index >= 15 is 0 Å². The van der Waals surface area contributed by atoms with Crippen LogP contribution in [0.2, 0.25) is 6.04 Å². The summed E-state index contributed by atoms with van der Waals surface area (Å²) in [6, 6.07) is 8.39. The predicted molar refractivity (Wildman–Crippen MR) is 136 cm³/mol. The number of hydrogen-bond acceptors (Lipinski definition) is 7. The van der Waals surface area contributed by atoms with E-state index in [1.165, 1.54) is 44.1 Å². The van der Waals surface area contributed by atoms with Crippen molar-refractivity contribution in [1.29, 1.82) is 0 Å². The molecule has 196 valence electrons. The largest absolute Gasteiger partial charge is 0.705 e. The van der Waals surface area contributed by atoms with Crippen LogP contribution < -0.4 is 4.74 Å². The van der Waals surface area contributed by atoms with Gasteiger partial charge in [-0.2, -0.15) is 0 Å². The SMILES string of the molecule is CCCC1CCC(c2ccc(OCCC[Si](OC(=O)CC)(OC(=O)CC)OC(=O)CC)cc2)CC1. The van der Waals surface area contributed by atoms with Gasteiger partial charge in [0.25, 0.3) is 17.9 Å². The Labute approximate surface area is 211 Å². The van der Waals surface area contributed by atoms with E-state index in [4.69, 9.17) is 18.0 Å². The van der Waals surface area contributed by atoms with Crippen LogP contribution in [0.4, 0.5) is 0 Å². The molecule has 1 aliphatic rings. The highest BCUT2D eigenvalue weighted by Gasteiger charge is 2.52. The van der Waals surface area contributed by atoms with Gasteiger partial charge in [-0.05, 0) is 61.6 Å². The van der Waals surface area contributed by atoms with E-state index in [-0.39, 0.29) is 25.3 Å². The Morgan fingerprint density at radius 3 is 1.77 bits per heavy atom. The third-order valence-corrected chi connectivity index (χ3v) is 9.05. The molecule has 1 aromatic rings. The van der Waals surface area contributed by atoms with E-state index < -0.39 is 26.7 Å². The molecule has 2 rings (SSSR count). The molecule has 0 aliphatic heterocycles. The van der Waals surface area contributed by atoms with Gasteiger partial charge >= 0.3 is 8.80 Å². The molecule has 1 aliphatic carbocycles. The first-order chi connectivity index (χ1) is 16.8. The summed E-state index contributed by atoms with van der Waals surface area (Å²) in [6.45, 7) is 7.48. The van der Waals surface area contributed by atoms with Crippen molar-refractivity contribution in [3.63, 3.8) is 0 Å². The van der Waals surface area contributed by atoms with E-state index in [1.807, 2.05) is 12.1 Å². The minimum Gasteiger partial charge on any atom is -0.494 e. The second-order valence-electron chi connectivity index (χ2n) is 9.19. The van der Waals surface area contributed by atoms with Crippen molar-refractivity contribution in [2.75, 3.05) is 6.61 Å². The molecule has 0 unspecified atom stereocenters. The van der Waals surface area contributed by atoms with Crippen molar-refractivity contribution in [3.05, 3.63) is 29.8 Å². The lowest BCUT2D eigenvalue weighted by Crippen LogP contribution is -2.50. The summed E-state index contributed by atoms with van der Waals surface area (Å²) in [7, 11) is -3.86. The minimum atomic E-state index is -3.86. The molecule has 0 spiro atoms. The molecule has 0 N–H and O–H groups in total. The Bertz CT molecular complexity index is 755. The zero-order valence-corrected chi connectivity index (χ0v) is 22.8. The highest BCUT2D eigenvalue weighted by molar-refractivity contribution is 6.65. The van der Waals surface area contributed by atoms with Crippen LogP contribution in [-0.4, -0.2) is 33.3 Å². The summed E-state index contributed by atoms with van der Waals surface area (Å²) in [6.07, 6.45) is 8.42. The van der Waals surface area contributed by atoms with Crippen molar-refractivity contribution >= 4 is 26.7 Å². The van der Waals surface area contributed by atoms with Crippen molar-refractivity contribution in [2.24, 2.45) is 5.92 Å². The molecule has 0 heterocycles. The Morgan fingerprint density at radius 2 is 1.31 bits per heavy atom. The third kappa shape index (κ3) is 9.66. The highest BCUT2D eigenvalue weighted by atomic mass is 28.4. The Balaban J connectivity index is 1.93. The van der Waals surface area contributed by atoms with Crippen LogP contribution in [0.25, 0.3) is 0 Å². The van der Waals surface area contributed by atoms with Crippen molar-refractivity contribution < 1.29 is 32.4 Å². The molecule has 7 nitrogen and oxygen atoms in total. The molecule has 0 saturated heterocycles. The molecular weight excluding hydrogens is 464 g/mol. The molecule has 1 aromatic carbocycles. The number of hydrogen-bond donors (Lipinski definition) is 0. The molecule has 0 amide bonds. The molecule has 0 radical (unpaired) electrons. The van der Waals surface area contributed by atoms with Gasteiger partial charge in [0, 0.05) is 19.3 Å². The number of ether oxygens (including phenoxy) is 1. The maximum atomic E-state index is 12.0. The monoisotopic (exact) mass is 506 g/mol. The van der Waals surface area contributed by atoms with Gasteiger partial charge in [-0.3, -0.25) is 14.4 Å². The van der Waals surface area contributed by atoms with E-state index in [2.05, 4.69) is 19.1 Å². The van der Waals surface area contributed by atoms with E-state index in [9.17, 15) is 14.4 Å². The van der Waals surface area contributed by atoms with E-state index in [1.54, 1.807) is 20.8 Å². The zero-order chi connectivity index (χ0) is 25.7. The highest BCUT2D eigenvalue weighted by Crippen LogP contribution is 2.37. The lowest BCUT2D eigenvalue weighted by atomic mass is 9.77. The molecule has 35 heavy (non-hydrogen) atoms. The van der Waals surface area contributed by atoms with Crippen molar-refractivity contribution in [3.8, 4) is 5.75 Å². The molecular formula is C27H42O7Si. The number of rotatable bonds is 14. The van der Waals surface area contributed by atoms with Crippen molar-refractivity contribution in [1.82, 2.24) is 0 Å².